The summed E-state index contributed by atoms with van der Waals surface area (Å²) in [5, 5.41) is 0. The van der Waals surface area contributed by atoms with Crippen LogP contribution >= 0.6 is 0 Å². The third-order valence-electron chi connectivity index (χ3n) is 2.60. The van der Waals surface area contributed by atoms with Gasteiger partial charge in [-0.2, -0.15) is 0 Å². The lowest BCUT2D eigenvalue weighted by Crippen LogP contribution is -2.07. The number of rotatable bonds is 4. The normalized spacial score (nSPS) is 11.5. The molecule has 2 rings (SSSR count). The van der Waals surface area contributed by atoms with E-state index >= 15 is 0 Å². The van der Waals surface area contributed by atoms with Crippen molar-refractivity contribution < 1.29 is 12.8 Å². The summed E-state index contributed by atoms with van der Waals surface area (Å²) in [4.78, 5) is 3.97. The van der Waals surface area contributed by atoms with E-state index in [4.69, 9.17) is 5.73 Å². The summed E-state index contributed by atoms with van der Waals surface area (Å²) in [7, 11) is -3.57. The predicted molar refractivity (Wildman–Crippen MR) is 69.4 cm³/mol. The van der Waals surface area contributed by atoms with Crippen molar-refractivity contribution in [3.05, 3.63) is 59.7 Å². The largest absolute Gasteiger partial charge is 0.325 e. The molecule has 0 aliphatic rings. The van der Waals surface area contributed by atoms with Gasteiger partial charge < -0.3 is 5.73 Å². The first-order chi connectivity index (χ1) is 9.01. The Labute approximate surface area is 111 Å². The molecular formula is C13H13FN2O2S. The van der Waals surface area contributed by atoms with Gasteiger partial charge in [0.25, 0.3) is 0 Å². The maximum absolute atomic E-state index is 13.1. The summed E-state index contributed by atoms with van der Waals surface area (Å²) in [6.45, 7) is 0.244. The van der Waals surface area contributed by atoms with Crippen LogP contribution in [0.4, 0.5) is 4.39 Å². The molecule has 0 spiro atoms. The quantitative estimate of drug-likeness (QED) is 0.924. The molecule has 0 unspecified atom stereocenters. The van der Waals surface area contributed by atoms with Crippen molar-refractivity contribution in [2.24, 2.45) is 5.73 Å². The molecule has 0 atom stereocenters. The van der Waals surface area contributed by atoms with Crippen LogP contribution in [0.2, 0.25) is 0 Å². The molecule has 0 fully saturated rings. The Balaban J connectivity index is 2.31. The van der Waals surface area contributed by atoms with Crippen molar-refractivity contribution in [3.8, 4) is 0 Å². The number of nitrogens with two attached hydrogens (primary N) is 1. The maximum atomic E-state index is 13.1. The van der Waals surface area contributed by atoms with Crippen LogP contribution in [0.1, 0.15) is 11.3 Å². The van der Waals surface area contributed by atoms with Crippen LogP contribution in [-0.2, 0) is 22.1 Å². The SMILES string of the molecule is NCc1cc(CS(=O)(=O)c2cccc(F)c2)ccn1. The number of benzene rings is 1. The highest BCUT2D eigenvalue weighted by Crippen LogP contribution is 2.17. The van der Waals surface area contributed by atoms with Crippen LogP contribution in [0.3, 0.4) is 0 Å². The molecule has 0 saturated heterocycles. The number of aromatic nitrogens is 1. The van der Waals surface area contributed by atoms with E-state index in [2.05, 4.69) is 4.98 Å². The van der Waals surface area contributed by atoms with Crippen molar-refractivity contribution in [1.29, 1.82) is 0 Å². The van der Waals surface area contributed by atoms with E-state index < -0.39 is 15.7 Å². The Kier molecular flexibility index (Phi) is 3.92. The Hall–Kier alpha value is -1.79. The minimum atomic E-state index is -3.57. The zero-order chi connectivity index (χ0) is 13.9. The summed E-state index contributed by atoms with van der Waals surface area (Å²) in [5.41, 5.74) is 6.65. The van der Waals surface area contributed by atoms with Crippen molar-refractivity contribution in [2.75, 3.05) is 0 Å². The highest BCUT2D eigenvalue weighted by Gasteiger charge is 2.16. The number of nitrogens with zero attached hydrogens (tertiary/aromatic N) is 1. The third kappa shape index (κ3) is 3.36. The van der Waals surface area contributed by atoms with E-state index in [0.29, 0.717) is 11.3 Å². The van der Waals surface area contributed by atoms with Gasteiger partial charge in [0, 0.05) is 12.7 Å². The van der Waals surface area contributed by atoms with E-state index in [1.165, 1.54) is 24.4 Å². The van der Waals surface area contributed by atoms with Crippen molar-refractivity contribution >= 4 is 9.84 Å². The minimum Gasteiger partial charge on any atom is -0.325 e. The predicted octanol–water partition coefficient (Wildman–Crippen LogP) is 1.65. The van der Waals surface area contributed by atoms with Crippen LogP contribution in [-0.4, -0.2) is 13.4 Å². The molecule has 4 nitrogen and oxygen atoms in total. The fraction of sp³-hybridized carbons (Fsp3) is 0.154. The number of halogens is 1. The molecule has 0 amide bonds. The van der Waals surface area contributed by atoms with E-state index in [9.17, 15) is 12.8 Å². The molecule has 6 heteroatoms. The standard InChI is InChI=1S/C13H13FN2O2S/c14-11-2-1-3-13(7-11)19(17,18)9-10-4-5-16-12(6-10)8-15/h1-7H,8-9,15H2. The molecule has 100 valence electrons. The van der Waals surface area contributed by atoms with Crippen LogP contribution in [0.15, 0.2) is 47.5 Å². The third-order valence-corrected chi connectivity index (χ3v) is 4.29. The van der Waals surface area contributed by atoms with E-state index in [1.54, 1.807) is 12.1 Å². The number of sulfone groups is 1. The molecule has 19 heavy (non-hydrogen) atoms. The highest BCUT2D eigenvalue weighted by atomic mass is 32.2. The number of pyridine rings is 1. The van der Waals surface area contributed by atoms with Gasteiger partial charge in [-0.1, -0.05) is 6.07 Å². The fourth-order valence-electron chi connectivity index (χ4n) is 1.69. The van der Waals surface area contributed by atoms with Gasteiger partial charge in [-0.15, -0.1) is 0 Å². The molecule has 0 aliphatic heterocycles. The lowest BCUT2D eigenvalue weighted by Gasteiger charge is -2.06. The molecule has 0 saturated carbocycles. The van der Waals surface area contributed by atoms with Gasteiger partial charge in [0.1, 0.15) is 5.82 Å². The average molecular weight is 280 g/mol. The monoisotopic (exact) mass is 280 g/mol. The Morgan fingerprint density at radius 3 is 2.68 bits per heavy atom. The van der Waals surface area contributed by atoms with E-state index in [0.717, 1.165) is 6.07 Å². The second kappa shape index (κ2) is 5.46. The lowest BCUT2D eigenvalue weighted by atomic mass is 10.2. The van der Waals surface area contributed by atoms with E-state index in [1.807, 2.05) is 0 Å². The van der Waals surface area contributed by atoms with Crippen molar-refractivity contribution in [3.63, 3.8) is 0 Å². The zero-order valence-electron chi connectivity index (χ0n) is 10.1. The lowest BCUT2D eigenvalue weighted by molar-refractivity contribution is 0.590. The second-order valence-corrected chi connectivity index (χ2v) is 6.07. The van der Waals surface area contributed by atoms with E-state index in [-0.39, 0.29) is 17.2 Å². The highest BCUT2D eigenvalue weighted by molar-refractivity contribution is 7.90. The summed E-state index contributed by atoms with van der Waals surface area (Å²) < 4.78 is 37.3. The zero-order valence-corrected chi connectivity index (χ0v) is 10.9. The second-order valence-electron chi connectivity index (χ2n) is 4.08. The molecule has 2 N–H and O–H groups in total. The number of hydrogen-bond donors (Lipinski definition) is 1. The van der Waals surface area contributed by atoms with Crippen LogP contribution in [0, 0.1) is 5.82 Å². The van der Waals surface area contributed by atoms with Gasteiger partial charge in [-0.05, 0) is 35.9 Å². The first-order valence-electron chi connectivity index (χ1n) is 5.63. The number of hydrogen-bond acceptors (Lipinski definition) is 4. The van der Waals surface area contributed by atoms with Gasteiger partial charge in [0.05, 0.1) is 16.3 Å². The molecule has 1 heterocycles. The van der Waals surface area contributed by atoms with Gasteiger partial charge in [0.15, 0.2) is 9.84 Å². The smallest absolute Gasteiger partial charge is 0.182 e. The van der Waals surface area contributed by atoms with Crippen LogP contribution < -0.4 is 5.73 Å². The molecule has 1 aromatic carbocycles. The van der Waals surface area contributed by atoms with Crippen molar-refractivity contribution in [2.45, 2.75) is 17.2 Å². The van der Waals surface area contributed by atoms with Gasteiger partial charge in [0.2, 0.25) is 0 Å². The van der Waals surface area contributed by atoms with Crippen molar-refractivity contribution in [1.82, 2.24) is 4.98 Å². The van der Waals surface area contributed by atoms with Crippen LogP contribution in [0.25, 0.3) is 0 Å². The van der Waals surface area contributed by atoms with Gasteiger partial charge in [-0.25, -0.2) is 12.8 Å². The Bertz CT molecular complexity index is 687. The minimum absolute atomic E-state index is 0.0291. The van der Waals surface area contributed by atoms with Gasteiger partial charge in [-0.3, -0.25) is 4.98 Å². The topological polar surface area (TPSA) is 73.1 Å². The molecule has 0 bridgehead atoms. The molecule has 0 aliphatic carbocycles. The summed E-state index contributed by atoms with van der Waals surface area (Å²) >= 11 is 0. The first kappa shape index (κ1) is 13.6. The molecular weight excluding hydrogens is 267 g/mol. The van der Waals surface area contributed by atoms with Gasteiger partial charge >= 0.3 is 0 Å². The summed E-state index contributed by atoms with van der Waals surface area (Å²) in [5.74, 6) is -0.773. The molecule has 2 aromatic rings. The Morgan fingerprint density at radius 2 is 2.00 bits per heavy atom. The fourth-order valence-corrected chi connectivity index (χ4v) is 3.06. The summed E-state index contributed by atoms with van der Waals surface area (Å²) in [6, 6.07) is 8.22. The van der Waals surface area contributed by atoms with Crippen LogP contribution in [0.5, 0.6) is 0 Å². The molecule has 0 radical (unpaired) electrons. The maximum Gasteiger partial charge on any atom is 0.182 e. The summed E-state index contributed by atoms with van der Waals surface area (Å²) in [6.07, 6.45) is 1.51. The average Bonchev–Trinajstić information content (AvgIpc) is 2.38. The first-order valence-corrected chi connectivity index (χ1v) is 7.29. The Morgan fingerprint density at radius 1 is 1.21 bits per heavy atom. The molecule has 1 aromatic heterocycles.